The first-order chi connectivity index (χ1) is 13.4. The molecule has 3 rings (SSSR count). The van der Waals surface area contributed by atoms with Crippen LogP contribution in [0.15, 0.2) is 42.5 Å². The molecule has 1 aromatic carbocycles. The van der Waals surface area contributed by atoms with Gasteiger partial charge in [-0.1, -0.05) is 30.4 Å². The van der Waals surface area contributed by atoms with Crippen LogP contribution in [-0.4, -0.2) is 47.1 Å². The lowest BCUT2D eigenvalue weighted by Gasteiger charge is -2.21. The average Bonchev–Trinajstić information content (AvgIpc) is 2.97. The van der Waals surface area contributed by atoms with Gasteiger partial charge in [0.15, 0.2) is 6.61 Å². The number of imide groups is 2. The van der Waals surface area contributed by atoms with E-state index in [1.54, 1.807) is 18.2 Å². The van der Waals surface area contributed by atoms with Crippen LogP contribution in [-0.2, 0) is 23.9 Å². The van der Waals surface area contributed by atoms with E-state index in [9.17, 15) is 24.0 Å². The molecule has 146 valence electrons. The Hall–Kier alpha value is -3.29. The number of fused-ring (bicyclic) bond motifs is 1. The lowest BCUT2D eigenvalue weighted by Crippen LogP contribution is -2.45. The summed E-state index contributed by atoms with van der Waals surface area (Å²) in [4.78, 5) is 61.9. The number of ether oxygens (including phenoxy) is 1. The Balaban J connectivity index is 1.53. The van der Waals surface area contributed by atoms with E-state index in [1.807, 2.05) is 12.2 Å². The quantitative estimate of drug-likeness (QED) is 0.457. The number of benzene rings is 1. The van der Waals surface area contributed by atoms with Crippen LogP contribution in [0.25, 0.3) is 0 Å². The summed E-state index contributed by atoms with van der Waals surface area (Å²) in [5.41, 5.74) is 0.292. The Morgan fingerprint density at radius 1 is 1.07 bits per heavy atom. The van der Waals surface area contributed by atoms with Crippen LogP contribution < -0.4 is 5.32 Å². The van der Waals surface area contributed by atoms with Crippen molar-refractivity contribution < 1.29 is 28.7 Å². The fraction of sp³-hybridized carbons (Fsp3) is 0.350. The molecule has 1 aliphatic heterocycles. The Bertz CT molecular complexity index is 822. The van der Waals surface area contributed by atoms with E-state index in [0.717, 1.165) is 4.90 Å². The topological polar surface area (TPSA) is 110 Å². The molecule has 0 radical (unpaired) electrons. The maximum absolute atomic E-state index is 12.5. The SMILES string of the molecule is C[C@@H](C(=O)OCC(=O)NC(=O)c1ccccc1)N1C(=O)[C@@H]2CC=CC[C@H]2C1=O. The largest absolute Gasteiger partial charge is 0.454 e. The summed E-state index contributed by atoms with van der Waals surface area (Å²) in [5.74, 6) is -3.97. The van der Waals surface area contributed by atoms with Gasteiger partial charge in [-0.25, -0.2) is 4.79 Å². The number of nitrogens with one attached hydrogen (secondary N) is 1. The zero-order valence-electron chi connectivity index (χ0n) is 15.3. The lowest BCUT2D eigenvalue weighted by atomic mass is 9.85. The zero-order chi connectivity index (χ0) is 20.3. The number of hydrogen-bond acceptors (Lipinski definition) is 6. The summed E-state index contributed by atoms with van der Waals surface area (Å²) in [6.45, 7) is 0.697. The number of esters is 1. The van der Waals surface area contributed by atoms with Crippen molar-refractivity contribution in [2.75, 3.05) is 6.61 Å². The van der Waals surface area contributed by atoms with Crippen LogP contribution in [0, 0.1) is 11.8 Å². The molecule has 1 aliphatic carbocycles. The number of amides is 4. The normalized spacial score (nSPS) is 21.8. The Morgan fingerprint density at radius 2 is 1.64 bits per heavy atom. The molecule has 1 aromatic rings. The Kier molecular flexibility index (Phi) is 5.67. The highest BCUT2D eigenvalue weighted by Crippen LogP contribution is 2.36. The number of rotatable bonds is 5. The lowest BCUT2D eigenvalue weighted by molar-refractivity contribution is -0.159. The number of likely N-dealkylation sites (tertiary alicyclic amines) is 1. The molecule has 8 nitrogen and oxygen atoms in total. The van der Waals surface area contributed by atoms with Gasteiger partial charge in [0.25, 0.3) is 11.8 Å². The average molecular weight is 384 g/mol. The summed E-state index contributed by atoms with van der Waals surface area (Å²) in [6, 6.07) is 6.97. The van der Waals surface area contributed by atoms with Gasteiger partial charge in [0.1, 0.15) is 6.04 Å². The highest BCUT2D eigenvalue weighted by molar-refractivity contribution is 6.08. The smallest absolute Gasteiger partial charge is 0.329 e. The van der Waals surface area contributed by atoms with Crippen molar-refractivity contribution >= 4 is 29.6 Å². The van der Waals surface area contributed by atoms with E-state index < -0.39 is 54.1 Å². The van der Waals surface area contributed by atoms with E-state index >= 15 is 0 Å². The fourth-order valence-corrected chi connectivity index (χ4v) is 3.39. The van der Waals surface area contributed by atoms with Gasteiger partial charge in [0.2, 0.25) is 11.8 Å². The highest BCUT2D eigenvalue weighted by atomic mass is 16.5. The minimum Gasteiger partial charge on any atom is -0.454 e. The molecule has 28 heavy (non-hydrogen) atoms. The molecule has 0 saturated carbocycles. The van der Waals surface area contributed by atoms with Crippen LogP contribution in [0.1, 0.15) is 30.1 Å². The molecule has 4 amide bonds. The van der Waals surface area contributed by atoms with E-state index in [1.165, 1.54) is 19.1 Å². The van der Waals surface area contributed by atoms with Crippen LogP contribution in [0.4, 0.5) is 0 Å². The molecule has 1 saturated heterocycles. The molecule has 1 N–H and O–H groups in total. The second-order valence-corrected chi connectivity index (χ2v) is 6.73. The Morgan fingerprint density at radius 3 is 2.21 bits per heavy atom. The Labute approximate surface area is 161 Å². The van der Waals surface area contributed by atoms with Crippen molar-refractivity contribution in [2.24, 2.45) is 11.8 Å². The van der Waals surface area contributed by atoms with E-state index in [4.69, 9.17) is 4.74 Å². The van der Waals surface area contributed by atoms with Crippen molar-refractivity contribution in [1.29, 1.82) is 0 Å². The van der Waals surface area contributed by atoms with Crippen molar-refractivity contribution in [2.45, 2.75) is 25.8 Å². The van der Waals surface area contributed by atoms with Gasteiger partial charge >= 0.3 is 5.97 Å². The molecule has 8 heteroatoms. The first-order valence-corrected chi connectivity index (χ1v) is 8.98. The van der Waals surface area contributed by atoms with E-state index in [2.05, 4.69) is 5.32 Å². The molecular formula is C20H20N2O6. The number of carbonyl (C=O) groups excluding carboxylic acids is 5. The summed E-state index contributed by atoms with van der Waals surface area (Å²) in [7, 11) is 0. The van der Waals surface area contributed by atoms with E-state index in [-0.39, 0.29) is 0 Å². The summed E-state index contributed by atoms with van der Waals surface area (Å²) >= 11 is 0. The predicted molar refractivity (Wildman–Crippen MR) is 96.5 cm³/mol. The molecule has 0 spiro atoms. The van der Waals surface area contributed by atoms with Crippen molar-refractivity contribution in [3.8, 4) is 0 Å². The first kappa shape index (κ1) is 19.5. The van der Waals surface area contributed by atoms with Gasteiger partial charge in [-0.3, -0.25) is 29.4 Å². The molecule has 0 unspecified atom stereocenters. The summed E-state index contributed by atoms with van der Waals surface area (Å²) < 4.78 is 4.90. The van der Waals surface area contributed by atoms with Gasteiger partial charge < -0.3 is 4.74 Å². The maximum Gasteiger partial charge on any atom is 0.329 e. The van der Waals surface area contributed by atoms with Gasteiger partial charge in [-0.15, -0.1) is 0 Å². The molecular weight excluding hydrogens is 364 g/mol. The van der Waals surface area contributed by atoms with Crippen molar-refractivity contribution in [1.82, 2.24) is 10.2 Å². The minimum absolute atomic E-state index is 0.292. The molecule has 0 aromatic heterocycles. The molecule has 1 fully saturated rings. The zero-order valence-corrected chi connectivity index (χ0v) is 15.3. The molecule has 0 bridgehead atoms. The minimum atomic E-state index is -1.14. The first-order valence-electron chi connectivity index (χ1n) is 8.98. The van der Waals surface area contributed by atoms with Crippen LogP contribution in [0.2, 0.25) is 0 Å². The summed E-state index contributed by atoms with van der Waals surface area (Å²) in [5, 5.41) is 2.11. The van der Waals surface area contributed by atoms with Gasteiger partial charge in [-0.2, -0.15) is 0 Å². The third kappa shape index (κ3) is 3.85. The third-order valence-electron chi connectivity index (χ3n) is 4.90. The second-order valence-electron chi connectivity index (χ2n) is 6.73. The van der Waals surface area contributed by atoms with Crippen molar-refractivity contribution in [3.63, 3.8) is 0 Å². The fourth-order valence-electron chi connectivity index (χ4n) is 3.39. The maximum atomic E-state index is 12.5. The van der Waals surface area contributed by atoms with Crippen LogP contribution >= 0.6 is 0 Å². The van der Waals surface area contributed by atoms with Gasteiger partial charge in [-0.05, 0) is 31.9 Å². The standard InChI is InChI=1S/C20H20N2O6/c1-12(22-18(25)14-9-5-6-10-15(14)19(22)26)20(27)28-11-16(23)21-17(24)13-7-3-2-4-8-13/h2-8,12,14-15H,9-11H2,1H3,(H,21,23,24)/t12-,14+,15+/m0/s1. The van der Waals surface area contributed by atoms with Gasteiger partial charge in [0.05, 0.1) is 11.8 Å². The number of nitrogens with zero attached hydrogens (tertiary/aromatic N) is 1. The highest BCUT2D eigenvalue weighted by Gasteiger charge is 2.50. The van der Waals surface area contributed by atoms with Crippen LogP contribution in [0.5, 0.6) is 0 Å². The second kappa shape index (κ2) is 8.16. The van der Waals surface area contributed by atoms with Crippen LogP contribution in [0.3, 0.4) is 0 Å². The molecule has 3 atom stereocenters. The molecule has 1 heterocycles. The number of allylic oxidation sites excluding steroid dienone is 2. The number of hydrogen-bond donors (Lipinski definition) is 1. The summed E-state index contributed by atoms with van der Waals surface area (Å²) in [6.07, 6.45) is 4.65. The van der Waals surface area contributed by atoms with E-state index in [0.29, 0.717) is 18.4 Å². The van der Waals surface area contributed by atoms with Crippen molar-refractivity contribution in [3.05, 3.63) is 48.0 Å². The molecule has 2 aliphatic rings. The monoisotopic (exact) mass is 384 g/mol. The third-order valence-corrected chi connectivity index (χ3v) is 4.90. The van der Waals surface area contributed by atoms with Gasteiger partial charge in [0, 0.05) is 5.56 Å². The number of carbonyl (C=O) groups is 5. The predicted octanol–water partition coefficient (Wildman–Crippen LogP) is 0.826.